The summed E-state index contributed by atoms with van der Waals surface area (Å²) in [6, 6.07) is 6.18. The van der Waals surface area contributed by atoms with E-state index >= 15 is 0 Å². The van der Waals surface area contributed by atoms with E-state index in [-0.39, 0.29) is 4.87 Å². The third kappa shape index (κ3) is 1.52. The molecule has 0 aliphatic carbocycles. The minimum absolute atomic E-state index is 0.112. The van der Waals surface area contributed by atoms with Crippen LogP contribution in [0, 0.1) is 0 Å². The number of hydrogen-bond donors (Lipinski definition) is 0. The van der Waals surface area contributed by atoms with Crippen LogP contribution in [0.15, 0.2) is 23.0 Å². The largest absolute Gasteiger partial charge is 0.307 e. The Morgan fingerprint density at radius 1 is 1.54 bits per heavy atom. The third-order valence-corrected chi connectivity index (χ3v) is 3.89. The van der Waals surface area contributed by atoms with Gasteiger partial charge in [-0.25, -0.2) is 0 Å². The predicted octanol–water partition coefficient (Wildman–Crippen LogP) is 2.54. The standard InChI is InChI=1S/C9H8INOS/c1-11-7-3-2-6(5-10)4-8(7)13-9(11)12/h2-4H,5H2,1H3. The number of rotatable bonds is 1. The molecule has 1 aromatic carbocycles. The number of benzene rings is 1. The first-order valence-corrected chi connectivity index (χ1v) is 6.21. The van der Waals surface area contributed by atoms with E-state index in [1.165, 1.54) is 16.9 Å². The Morgan fingerprint density at radius 3 is 3.00 bits per heavy atom. The lowest BCUT2D eigenvalue weighted by Gasteiger charge is -1.96. The molecule has 0 bridgehead atoms. The van der Waals surface area contributed by atoms with E-state index in [2.05, 4.69) is 34.7 Å². The fraction of sp³-hybridized carbons (Fsp3) is 0.222. The van der Waals surface area contributed by atoms with Crippen LogP contribution in [0.1, 0.15) is 5.56 Å². The molecule has 0 N–H and O–H groups in total. The summed E-state index contributed by atoms with van der Waals surface area (Å²) in [5, 5.41) is 0. The van der Waals surface area contributed by atoms with Crippen molar-refractivity contribution in [2.24, 2.45) is 7.05 Å². The van der Waals surface area contributed by atoms with Crippen LogP contribution in [0.3, 0.4) is 0 Å². The summed E-state index contributed by atoms with van der Waals surface area (Å²) < 4.78 is 3.77. The van der Waals surface area contributed by atoms with Crippen molar-refractivity contribution >= 4 is 44.1 Å². The molecule has 2 nitrogen and oxygen atoms in total. The van der Waals surface area contributed by atoms with Crippen molar-refractivity contribution in [2.75, 3.05) is 0 Å². The molecule has 13 heavy (non-hydrogen) atoms. The first kappa shape index (κ1) is 9.21. The van der Waals surface area contributed by atoms with Crippen LogP contribution in [-0.2, 0) is 11.5 Å². The molecule has 0 unspecified atom stereocenters. The summed E-state index contributed by atoms with van der Waals surface area (Å²) >= 11 is 3.63. The monoisotopic (exact) mass is 305 g/mol. The second-order valence-corrected chi connectivity index (χ2v) is 4.62. The van der Waals surface area contributed by atoms with E-state index in [0.717, 1.165) is 14.6 Å². The number of aryl methyl sites for hydroxylation is 1. The lowest BCUT2D eigenvalue weighted by molar-refractivity contribution is 0.938. The second kappa shape index (κ2) is 3.42. The zero-order valence-corrected chi connectivity index (χ0v) is 10.1. The van der Waals surface area contributed by atoms with Gasteiger partial charge < -0.3 is 4.57 Å². The second-order valence-electron chi connectivity index (χ2n) is 2.86. The van der Waals surface area contributed by atoms with Crippen LogP contribution in [-0.4, -0.2) is 4.57 Å². The Hall–Kier alpha value is -0.360. The molecule has 0 fully saturated rings. The molecule has 0 saturated carbocycles. The van der Waals surface area contributed by atoms with Gasteiger partial charge in [-0.15, -0.1) is 0 Å². The van der Waals surface area contributed by atoms with Gasteiger partial charge in [0.15, 0.2) is 0 Å². The number of halogens is 1. The molecule has 1 aromatic heterocycles. The quantitative estimate of drug-likeness (QED) is 0.586. The molecule has 1 heterocycles. The van der Waals surface area contributed by atoms with Gasteiger partial charge in [-0.1, -0.05) is 40.0 Å². The Bertz CT molecular complexity index is 500. The number of fused-ring (bicyclic) bond motifs is 1. The van der Waals surface area contributed by atoms with Gasteiger partial charge in [-0.05, 0) is 17.7 Å². The van der Waals surface area contributed by atoms with Crippen molar-refractivity contribution in [3.63, 3.8) is 0 Å². The van der Waals surface area contributed by atoms with Crippen LogP contribution < -0.4 is 4.87 Å². The molecule has 0 spiro atoms. The lowest BCUT2D eigenvalue weighted by Crippen LogP contribution is -2.06. The zero-order valence-electron chi connectivity index (χ0n) is 7.08. The molecule has 2 rings (SSSR count). The highest BCUT2D eigenvalue weighted by molar-refractivity contribution is 14.1. The molecular formula is C9H8INOS. The molecule has 0 saturated heterocycles. The lowest BCUT2D eigenvalue weighted by atomic mass is 10.2. The average Bonchev–Trinajstić information content (AvgIpc) is 2.42. The van der Waals surface area contributed by atoms with Crippen LogP contribution in [0.2, 0.25) is 0 Å². The Labute approximate surface area is 93.3 Å². The Balaban J connectivity index is 2.80. The Morgan fingerprint density at radius 2 is 2.31 bits per heavy atom. The van der Waals surface area contributed by atoms with Crippen molar-refractivity contribution < 1.29 is 0 Å². The summed E-state index contributed by atoms with van der Waals surface area (Å²) in [5.41, 5.74) is 2.30. The topological polar surface area (TPSA) is 22.0 Å². The highest BCUT2D eigenvalue weighted by Gasteiger charge is 2.03. The smallest absolute Gasteiger partial charge is 0.302 e. The van der Waals surface area contributed by atoms with Crippen molar-refractivity contribution in [1.29, 1.82) is 0 Å². The fourth-order valence-electron chi connectivity index (χ4n) is 1.26. The maximum atomic E-state index is 11.3. The number of hydrogen-bond acceptors (Lipinski definition) is 2. The van der Waals surface area contributed by atoms with Crippen LogP contribution in [0.4, 0.5) is 0 Å². The van der Waals surface area contributed by atoms with Gasteiger partial charge in [0.05, 0.1) is 10.2 Å². The van der Waals surface area contributed by atoms with Crippen LogP contribution in [0.5, 0.6) is 0 Å². The first-order valence-electron chi connectivity index (χ1n) is 3.87. The minimum atomic E-state index is 0.112. The van der Waals surface area contributed by atoms with E-state index in [1.54, 1.807) is 4.57 Å². The summed E-state index contributed by atoms with van der Waals surface area (Å²) in [6.45, 7) is 0. The van der Waals surface area contributed by atoms with E-state index < -0.39 is 0 Å². The summed E-state index contributed by atoms with van der Waals surface area (Å²) in [7, 11) is 1.81. The number of alkyl halides is 1. The van der Waals surface area contributed by atoms with E-state index in [0.29, 0.717) is 0 Å². The SMILES string of the molecule is Cn1c(=O)sc2cc(CI)ccc21. The number of thiazole rings is 1. The van der Waals surface area contributed by atoms with Crippen molar-refractivity contribution in [2.45, 2.75) is 4.43 Å². The first-order chi connectivity index (χ1) is 6.22. The fourth-order valence-corrected chi connectivity index (χ4v) is 2.68. The maximum Gasteiger partial charge on any atom is 0.307 e. The highest BCUT2D eigenvalue weighted by atomic mass is 127. The molecular weight excluding hydrogens is 297 g/mol. The molecule has 4 heteroatoms. The van der Waals surface area contributed by atoms with E-state index in [4.69, 9.17) is 0 Å². The van der Waals surface area contributed by atoms with Gasteiger partial charge in [0.1, 0.15) is 0 Å². The highest BCUT2D eigenvalue weighted by Crippen LogP contribution is 2.19. The molecule has 0 atom stereocenters. The summed E-state index contributed by atoms with van der Waals surface area (Å²) in [4.78, 5) is 11.4. The van der Waals surface area contributed by atoms with Gasteiger partial charge >= 0.3 is 4.87 Å². The van der Waals surface area contributed by atoms with Gasteiger partial charge in [-0.3, -0.25) is 4.79 Å². The number of aromatic nitrogens is 1. The van der Waals surface area contributed by atoms with E-state index in [1.807, 2.05) is 13.1 Å². The van der Waals surface area contributed by atoms with Crippen LogP contribution in [0.25, 0.3) is 10.2 Å². The minimum Gasteiger partial charge on any atom is -0.302 e. The van der Waals surface area contributed by atoms with Gasteiger partial charge in [0.2, 0.25) is 0 Å². The van der Waals surface area contributed by atoms with Gasteiger partial charge in [-0.2, -0.15) is 0 Å². The zero-order chi connectivity index (χ0) is 9.42. The molecule has 2 aromatic rings. The molecule has 68 valence electrons. The average molecular weight is 305 g/mol. The molecule has 0 radical (unpaired) electrons. The van der Waals surface area contributed by atoms with Gasteiger partial charge in [0.25, 0.3) is 0 Å². The molecule has 0 aliphatic heterocycles. The van der Waals surface area contributed by atoms with Crippen molar-refractivity contribution in [1.82, 2.24) is 4.57 Å². The summed E-state index contributed by atoms with van der Waals surface area (Å²) in [6.07, 6.45) is 0. The Kier molecular flexibility index (Phi) is 2.42. The normalized spacial score (nSPS) is 10.9. The van der Waals surface area contributed by atoms with Crippen molar-refractivity contribution in [3.05, 3.63) is 33.4 Å². The van der Waals surface area contributed by atoms with Crippen LogP contribution >= 0.6 is 33.9 Å². The van der Waals surface area contributed by atoms with Gasteiger partial charge in [0, 0.05) is 11.5 Å². The van der Waals surface area contributed by atoms with Crippen molar-refractivity contribution in [3.8, 4) is 0 Å². The molecule has 0 aliphatic rings. The predicted molar refractivity (Wildman–Crippen MR) is 64.8 cm³/mol. The summed E-state index contributed by atoms with van der Waals surface area (Å²) in [5.74, 6) is 0. The molecule has 0 amide bonds. The third-order valence-electron chi connectivity index (χ3n) is 2.01. The number of nitrogens with zero attached hydrogens (tertiary/aromatic N) is 1. The maximum absolute atomic E-state index is 11.3. The van der Waals surface area contributed by atoms with E-state index in [9.17, 15) is 4.79 Å².